The number of nitrogens with two attached hydrogens (primary N) is 1. The minimum Gasteiger partial charge on any atom is -0.353 e. The lowest BCUT2D eigenvalue weighted by molar-refractivity contribution is -0.122. The molecule has 53 valence electrons. The molecule has 1 radical (unpaired) electrons. The van der Waals surface area contributed by atoms with Crippen LogP contribution < -0.4 is 11.1 Å². The highest BCUT2D eigenvalue weighted by atomic mass is 16.2. The highest BCUT2D eigenvalue weighted by Crippen LogP contribution is 1.96. The average molecular weight is 129 g/mol. The van der Waals surface area contributed by atoms with E-state index >= 15 is 0 Å². The van der Waals surface area contributed by atoms with Crippen molar-refractivity contribution in [2.45, 2.75) is 19.9 Å². The summed E-state index contributed by atoms with van der Waals surface area (Å²) in [5.74, 6) is -0.0308. The lowest BCUT2D eigenvalue weighted by atomic mass is 10.1. The van der Waals surface area contributed by atoms with Crippen molar-refractivity contribution in [3.05, 3.63) is 7.05 Å². The summed E-state index contributed by atoms with van der Waals surface area (Å²) in [5.41, 5.74) is 5.42. The second kappa shape index (κ2) is 3.45. The van der Waals surface area contributed by atoms with E-state index in [0.717, 1.165) is 0 Å². The van der Waals surface area contributed by atoms with Crippen LogP contribution in [-0.4, -0.2) is 11.9 Å². The first-order valence-electron chi connectivity index (χ1n) is 2.92. The van der Waals surface area contributed by atoms with E-state index in [4.69, 9.17) is 5.73 Å². The van der Waals surface area contributed by atoms with Crippen molar-refractivity contribution in [2.75, 3.05) is 0 Å². The molecule has 0 aliphatic rings. The molecule has 0 aliphatic heterocycles. The van der Waals surface area contributed by atoms with Crippen LogP contribution in [0.4, 0.5) is 0 Å². The van der Waals surface area contributed by atoms with Gasteiger partial charge in [-0.3, -0.25) is 4.79 Å². The van der Waals surface area contributed by atoms with Gasteiger partial charge < -0.3 is 11.1 Å². The number of carbonyl (C=O) groups excluding carboxylic acids is 1. The van der Waals surface area contributed by atoms with Crippen molar-refractivity contribution in [3.8, 4) is 0 Å². The monoisotopic (exact) mass is 129 g/mol. The zero-order chi connectivity index (χ0) is 7.44. The third-order valence-electron chi connectivity index (χ3n) is 1.20. The first kappa shape index (κ1) is 8.43. The normalized spacial score (nSPS) is 13.4. The zero-order valence-corrected chi connectivity index (χ0v) is 5.85. The molecule has 3 nitrogen and oxygen atoms in total. The standard InChI is InChI=1S/C6H13N2O/c1-4(2)5(7)6(9)8-3/h4-5H,3,7H2,1-2H3,(H,8,9)/t5-/m0/s1. The van der Waals surface area contributed by atoms with Crippen molar-refractivity contribution in [1.29, 1.82) is 0 Å². The molecule has 3 N–H and O–H groups in total. The lowest BCUT2D eigenvalue weighted by Gasteiger charge is -2.12. The largest absolute Gasteiger partial charge is 0.353 e. The van der Waals surface area contributed by atoms with Gasteiger partial charge in [-0.2, -0.15) is 0 Å². The van der Waals surface area contributed by atoms with Crippen molar-refractivity contribution in [1.82, 2.24) is 5.32 Å². The van der Waals surface area contributed by atoms with E-state index in [2.05, 4.69) is 12.4 Å². The molecular weight excluding hydrogens is 116 g/mol. The van der Waals surface area contributed by atoms with Gasteiger partial charge in [-0.1, -0.05) is 13.8 Å². The van der Waals surface area contributed by atoms with Crippen LogP contribution in [0.2, 0.25) is 0 Å². The third kappa shape index (κ3) is 2.46. The van der Waals surface area contributed by atoms with Gasteiger partial charge in [0, 0.05) is 7.05 Å². The number of hydrogen-bond donors (Lipinski definition) is 2. The van der Waals surface area contributed by atoms with Gasteiger partial charge in [-0.25, -0.2) is 0 Å². The molecule has 0 aliphatic carbocycles. The molecule has 0 rings (SSSR count). The predicted octanol–water partition coefficient (Wildman–Crippen LogP) is -0.123. The Balaban J connectivity index is 3.72. The number of carbonyl (C=O) groups is 1. The topological polar surface area (TPSA) is 55.1 Å². The Bertz CT molecular complexity index is 101. The van der Waals surface area contributed by atoms with Crippen molar-refractivity contribution in [2.24, 2.45) is 11.7 Å². The zero-order valence-electron chi connectivity index (χ0n) is 5.85. The summed E-state index contributed by atoms with van der Waals surface area (Å²) in [6, 6.07) is -0.428. The van der Waals surface area contributed by atoms with E-state index in [1.54, 1.807) is 0 Å². The molecule has 1 amide bonds. The lowest BCUT2D eigenvalue weighted by Crippen LogP contribution is -2.41. The Labute approximate surface area is 55.6 Å². The number of amides is 1. The molecule has 0 spiro atoms. The summed E-state index contributed by atoms with van der Waals surface area (Å²) in [4.78, 5) is 10.7. The van der Waals surface area contributed by atoms with Crippen LogP contribution in [0.15, 0.2) is 0 Å². The molecule has 0 fully saturated rings. The average Bonchev–Trinajstić information content (AvgIpc) is 1.84. The summed E-state index contributed by atoms with van der Waals surface area (Å²) in [5, 5.41) is 2.23. The maximum Gasteiger partial charge on any atom is 0.237 e. The van der Waals surface area contributed by atoms with Gasteiger partial charge in [-0.05, 0) is 5.92 Å². The van der Waals surface area contributed by atoms with Gasteiger partial charge >= 0.3 is 0 Å². The second-order valence-corrected chi connectivity index (χ2v) is 2.31. The maximum atomic E-state index is 10.7. The van der Waals surface area contributed by atoms with Gasteiger partial charge in [0.2, 0.25) is 5.91 Å². The van der Waals surface area contributed by atoms with E-state index in [-0.39, 0.29) is 11.8 Å². The molecule has 0 unspecified atom stereocenters. The fraction of sp³-hybridized carbons (Fsp3) is 0.667. The minimum atomic E-state index is -0.428. The van der Waals surface area contributed by atoms with Gasteiger partial charge in [0.05, 0.1) is 6.04 Å². The second-order valence-electron chi connectivity index (χ2n) is 2.31. The van der Waals surface area contributed by atoms with Gasteiger partial charge in [0.25, 0.3) is 0 Å². The van der Waals surface area contributed by atoms with E-state index in [0.29, 0.717) is 0 Å². The Morgan fingerprint density at radius 2 is 2.11 bits per heavy atom. The van der Waals surface area contributed by atoms with Gasteiger partial charge in [0.15, 0.2) is 0 Å². The first-order valence-corrected chi connectivity index (χ1v) is 2.92. The molecule has 1 atom stereocenters. The molecule has 0 saturated heterocycles. The summed E-state index contributed by atoms with van der Waals surface area (Å²) < 4.78 is 0. The predicted molar refractivity (Wildman–Crippen MR) is 36.3 cm³/mol. The SMILES string of the molecule is [CH2]NC(=O)[C@@H](N)C(C)C. The minimum absolute atomic E-state index is 0.173. The van der Waals surface area contributed by atoms with E-state index in [9.17, 15) is 4.79 Å². The summed E-state index contributed by atoms with van der Waals surface area (Å²) in [6.07, 6.45) is 0. The Kier molecular flexibility index (Phi) is 3.24. The fourth-order valence-electron chi connectivity index (χ4n) is 0.421. The third-order valence-corrected chi connectivity index (χ3v) is 1.20. The number of hydrogen-bond acceptors (Lipinski definition) is 2. The molecule has 0 aromatic carbocycles. The van der Waals surface area contributed by atoms with Crippen molar-refractivity contribution in [3.63, 3.8) is 0 Å². The van der Waals surface area contributed by atoms with Crippen LogP contribution in [-0.2, 0) is 4.79 Å². The molecular formula is C6H13N2O. The summed E-state index contributed by atoms with van der Waals surface area (Å²) >= 11 is 0. The highest BCUT2D eigenvalue weighted by Gasteiger charge is 2.14. The molecule has 0 heterocycles. The van der Waals surface area contributed by atoms with Crippen LogP contribution in [0.3, 0.4) is 0 Å². The molecule has 0 bridgehead atoms. The van der Waals surface area contributed by atoms with E-state index in [1.807, 2.05) is 13.8 Å². The number of rotatable bonds is 2. The number of nitrogens with one attached hydrogen (secondary N) is 1. The van der Waals surface area contributed by atoms with Crippen LogP contribution >= 0.6 is 0 Å². The van der Waals surface area contributed by atoms with Crippen LogP contribution in [0.5, 0.6) is 0 Å². The van der Waals surface area contributed by atoms with Crippen LogP contribution in [0.1, 0.15) is 13.8 Å². The van der Waals surface area contributed by atoms with Crippen molar-refractivity contribution < 1.29 is 4.79 Å². The quantitative estimate of drug-likeness (QED) is 0.546. The Hall–Kier alpha value is -0.570. The van der Waals surface area contributed by atoms with E-state index in [1.165, 1.54) is 0 Å². The molecule has 3 heteroatoms. The highest BCUT2D eigenvalue weighted by molar-refractivity contribution is 5.81. The molecule has 9 heavy (non-hydrogen) atoms. The van der Waals surface area contributed by atoms with Crippen molar-refractivity contribution >= 4 is 5.91 Å². The fourth-order valence-corrected chi connectivity index (χ4v) is 0.421. The smallest absolute Gasteiger partial charge is 0.237 e. The molecule has 0 saturated carbocycles. The van der Waals surface area contributed by atoms with Gasteiger partial charge in [0.1, 0.15) is 0 Å². The first-order chi connectivity index (χ1) is 4.09. The molecule has 0 aromatic heterocycles. The van der Waals surface area contributed by atoms with Crippen LogP contribution in [0.25, 0.3) is 0 Å². The van der Waals surface area contributed by atoms with Gasteiger partial charge in [-0.15, -0.1) is 0 Å². The summed E-state index contributed by atoms with van der Waals surface area (Å²) in [6.45, 7) is 3.78. The molecule has 0 aromatic rings. The Morgan fingerprint density at radius 3 is 2.22 bits per heavy atom. The maximum absolute atomic E-state index is 10.7. The van der Waals surface area contributed by atoms with E-state index < -0.39 is 6.04 Å². The Morgan fingerprint density at radius 1 is 1.67 bits per heavy atom. The van der Waals surface area contributed by atoms with Crippen LogP contribution in [0, 0.1) is 13.0 Å². The summed E-state index contributed by atoms with van der Waals surface area (Å²) in [7, 11) is 3.21.